The number of sulfone groups is 1. The summed E-state index contributed by atoms with van der Waals surface area (Å²) in [6, 6.07) is 10.1. The van der Waals surface area contributed by atoms with Crippen molar-refractivity contribution in [2.45, 2.75) is 31.1 Å². The van der Waals surface area contributed by atoms with Gasteiger partial charge in [0.15, 0.2) is 9.84 Å². The van der Waals surface area contributed by atoms with Gasteiger partial charge in [0.05, 0.1) is 23.5 Å². The third-order valence-corrected chi connectivity index (χ3v) is 6.25. The third-order valence-electron chi connectivity index (χ3n) is 4.54. The van der Waals surface area contributed by atoms with Gasteiger partial charge in [0.25, 0.3) is 0 Å². The average molecular weight is 390 g/mol. The van der Waals surface area contributed by atoms with Crippen molar-refractivity contribution in [1.29, 1.82) is 0 Å². The molecule has 1 aromatic carbocycles. The number of hydrogen-bond acceptors (Lipinski definition) is 4. The van der Waals surface area contributed by atoms with Gasteiger partial charge in [0.1, 0.15) is 11.5 Å². The van der Waals surface area contributed by atoms with Crippen LogP contribution in [0.5, 0.6) is 0 Å². The van der Waals surface area contributed by atoms with E-state index in [-0.39, 0.29) is 22.4 Å². The standard InChI is InChI=1S/C20H23FN2O3S/c1-13(2)9-18(19-11-15-10-16(21)12-22-20(15)23-19)14-3-5-17(6-4-14)27(25,26)8-7-24/h3-6,10-13,18,24H,7-9H2,1-2H3,(H,22,23). The summed E-state index contributed by atoms with van der Waals surface area (Å²) in [5, 5.41) is 9.64. The molecule has 27 heavy (non-hydrogen) atoms. The summed E-state index contributed by atoms with van der Waals surface area (Å²) in [7, 11) is -3.48. The first-order valence-electron chi connectivity index (χ1n) is 8.88. The predicted octanol–water partition coefficient (Wildman–Crippen LogP) is 3.65. The molecular formula is C20H23FN2O3S. The number of aromatic nitrogens is 2. The number of H-pyrrole nitrogens is 1. The van der Waals surface area contributed by atoms with Crippen LogP contribution in [0.25, 0.3) is 11.0 Å². The van der Waals surface area contributed by atoms with Gasteiger partial charge >= 0.3 is 0 Å². The van der Waals surface area contributed by atoms with Crippen LogP contribution in [-0.2, 0) is 9.84 Å². The minimum Gasteiger partial charge on any atom is -0.395 e. The van der Waals surface area contributed by atoms with Crippen LogP contribution < -0.4 is 0 Å². The van der Waals surface area contributed by atoms with E-state index in [1.54, 1.807) is 24.3 Å². The fourth-order valence-corrected chi connectivity index (χ4v) is 4.28. The Balaban J connectivity index is 1.99. The van der Waals surface area contributed by atoms with Crippen molar-refractivity contribution in [1.82, 2.24) is 9.97 Å². The molecule has 0 amide bonds. The van der Waals surface area contributed by atoms with Crippen LogP contribution in [0, 0.1) is 11.7 Å². The zero-order chi connectivity index (χ0) is 19.6. The average Bonchev–Trinajstić information content (AvgIpc) is 3.02. The van der Waals surface area contributed by atoms with Crippen molar-refractivity contribution in [3.63, 3.8) is 0 Å². The summed E-state index contributed by atoms with van der Waals surface area (Å²) in [5.41, 5.74) is 2.52. The van der Waals surface area contributed by atoms with E-state index in [0.29, 0.717) is 17.0 Å². The molecule has 3 rings (SSSR count). The monoisotopic (exact) mass is 390 g/mol. The number of rotatable bonds is 7. The van der Waals surface area contributed by atoms with Crippen LogP contribution in [0.1, 0.15) is 37.4 Å². The van der Waals surface area contributed by atoms with Gasteiger partial charge in [-0.25, -0.2) is 17.8 Å². The molecule has 2 heterocycles. The number of pyridine rings is 1. The zero-order valence-electron chi connectivity index (χ0n) is 15.3. The SMILES string of the molecule is CC(C)CC(c1ccc(S(=O)(=O)CCO)cc1)c1cc2cc(F)cnc2[nH]1. The first-order chi connectivity index (χ1) is 12.8. The molecule has 0 radical (unpaired) electrons. The van der Waals surface area contributed by atoms with Crippen LogP contribution in [0.4, 0.5) is 4.39 Å². The van der Waals surface area contributed by atoms with Crippen molar-refractivity contribution in [3.05, 3.63) is 59.7 Å². The molecule has 144 valence electrons. The maximum absolute atomic E-state index is 13.4. The molecule has 0 saturated carbocycles. The Morgan fingerprint density at radius 2 is 1.89 bits per heavy atom. The molecule has 0 spiro atoms. The van der Waals surface area contributed by atoms with Crippen molar-refractivity contribution < 1.29 is 17.9 Å². The van der Waals surface area contributed by atoms with Gasteiger partial charge in [-0.05, 0) is 42.2 Å². The number of benzene rings is 1. The Labute approximate surface area is 158 Å². The summed E-state index contributed by atoms with van der Waals surface area (Å²) >= 11 is 0. The van der Waals surface area contributed by atoms with Gasteiger partial charge in [0.2, 0.25) is 0 Å². The molecule has 5 nitrogen and oxygen atoms in total. The van der Waals surface area contributed by atoms with E-state index in [0.717, 1.165) is 17.7 Å². The van der Waals surface area contributed by atoms with Crippen molar-refractivity contribution in [2.75, 3.05) is 12.4 Å². The minimum atomic E-state index is -3.48. The molecule has 0 saturated heterocycles. The summed E-state index contributed by atoms with van der Waals surface area (Å²) < 4.78 is 37.6. The lowest BCUT2D eigenvalue weighted by Gasteiger charge is -2.19. The lowest BCUT2D eigenvalue weighted by Crippen LogP contribution is -2.11. The lowest BCUT2D eigenvalue weighted by molar-refractivity contribution is 0.319. The first kappa shape index (κ1) is 19.5. The fourth-order valence-electron chi connectivity index (χ4n) is 3.26. The largest absolute Gasteiger partial charge is 0.395 e. The highest BCUT2D eigenvalue weighted by atomic mass is 32.2. The number of aliphatic hydroxyl groups excluding tert-OH is 1. The maximum Gasteiger partial charge on any atom is 0.180 e. The molecule has 0 aliphatic carbocycles. The lowest BCUT2D eigenvalue weighted by atomic mass is 9.88. The number of nitrogens with one attached hydrogen (secondary N) is 1. The molecule has 7 heteroatoms. The Hall–Kier alpha value is -2.25. The van der Waals surface area contributed by atoms with Crippen LogP contribution in [-0.4, -0.2) is 35.9 Å². The predicted molar refractivity (Wildman–Crippen MR) is 103 cm³/mol. The second-order valence-electron chi connectivity index (χ2n) is 7.11. The highest BCUT2D eigenvalue weighted by Crippen LogP contribution is 2.33. The summed E-state index contributed by atoms with van der Waals surface area (Å²) in [5.74, 6) is -0.256. The van der Waals surface area contributed by atoms with E-state index < -0.39 is 16.4 Å². The van der Waals surface area contributed by atoms with E-state index in [1.165, 1.54) is 12.3 Å². The molecule has 0 bridgehead atoms. The van der Waals surface area contributed by atoms with Crippen molar-refractivity contribution in [3.8, 4) is 0 Å². The summed E-state index contributed by atoms with van der Waals surface area (Å²) in [4.78, 5) is 7.55. The van der Waals surface area contributed by atoms with Gasteiger partial charge in [-0.2, -0.15) is 0 Å². The molecule has 3 aromatic rings. The van der Waals surface area contributed by atoms with Crippen LogP contribution in [0.3, 0.4) is 0 Å². The second-order valence-corrected chi connectivity index (χ2v) is 9.22. The number of halogens is 1. The van der Waals surface area contributed by atoms with Crippen LogP contribution in [0.15, 0.2) is 47.5 Å². The van der Waals surface area contributed by atoms with E-state index in [4.69, 9.17) is 5.11 Å². The van der Waals surface area contributed by atoms with E-state index in [2.05, 4.69) is 23.8 Å². The van der Waals surface area contributed by atoms with Gasteiger partial charge in [0, 0.05) is 17.0 Å². The van der Waals surface area contributed by atoms with Crippen LogP contribution in [0.2, 0.25) is 0 Å². The maximum atomic E-state index is 13.4. The number of hydrogen-bond donors (Lipinski definition) is 2. The molecule has 1 atom stereocenters. The molecule has 2 N–H and O–H groups in total. The van der Waals surface area contributed by atoms with Crippen molar-refractivity contribution >= 4 is 20.9 Å². The Kier molecular flexibility index (Phi) is 5.62. The second kappa shape index (κ2) is 7.78. The Morgan fingerprint density at radius 1 is 1.19 bits per heavy atom. The van der Waals surface area contributed by atoms with E-state index in [9.17, 15) is 12.8 Å². The highest BCUT2D eigenvalue weighted by molar-refractivity contribution is 7.91. The molecule has 1 unspecified atom stereocenters. The fraction of sp³-hybridized carbons (Fsp3) is 0.350. The molecule has 0 aliphatic heterocycles. The van der Waals surface area contributed by atoms with E-state index >= 15 is 0 Å². The number of aromatic amines is 1. The first-order valence-corrected chi connectivity index (χ1v) is 10.5. The van der Waals surface area contributed by atoms with Crippen molar-refractivity contribution in [2.24, 2.45) is 5.92 Å². The molecular weight excluding hydrogens is 367 g/mol. The smallest absolute Gasteiger partial charge is 0.180 e. The topological polar surface area (TPSA) is 83.1 Å². The summed E-state index contributed by atoms with van der Waals surface area (Å²) in [6.07, 6.45) is 2.03. The van der Waals surface area contributed by atoms with Gasteiger partial charge in [-0.15, -0.1) is 0 Å². The van der Waals surface area contributed by atoms with Gasteiger partial charge < -0.3 is 10.1 Å². The van der Waals surface area contributed by atoms with Gasteiger partial charge in [-0.1, -0.05) is 26.0 Å². The van der Waals surface area contributed by atoms with Gasteiger partial charge in [-0.3, -0.25) is 0 Å². The number of aliphatic hydroxyl groups is 1. The highest BCUT2D eigenvalue weighted by Gasteiger charge is 2.20. The minimum absolute atomic E-state index is 0.0110. The molecule has 0 fully saturated rings. The third kappa shape index (κ3) is 4.36. The van der Waals surface area contributed by atoms with Crippen LogP contribution >= 0.6 is 0 Å². The Bertz CT molecular complexity index is 1030. The molecule has 2 aromatic heterocycles. The zero-order valence-corrected chi connectivity index (χ0v) is 16.1. The quantitative estimate of drug-likeness (QED) is 0.645. The summed E-state index contributed by atoms with van der Waals surface area (Å²) in [6.45, 7) is 3.83. The van der Waals surface area contributed by atoms with E-state index in [1.807, 2.05) is 6.07 Å². The normalized spacial score (nSPS) is 13.4. The number of nitrogens with zero attached hydrogens (tertiary/aromatic N) is 1. The number of fused-ring (bicyclic) bond motifs is 1. The Morgan fingerprint density at radius 3 is 2.52 bits per heavy atom. The molecule has 0 aliphatic rings.